The van der Waals surface area contributed by atoms with Gasteiger partial charge in [-0.3, -0.25) is 0 Å². The van der Waals surface area contributed by atoms with Crippen LogP contribution >= 0.6 is 23.2 Å². The van der Waals surface area contributed by atoms with Crippen molar-refractivity contribution in [1.29, 1.82) is 0 Å². The lowest BCUT2D eigenvalue weighted by Gasteiger charge is -2.09. The van der Waals surface area contributed by atoms with Gasteiger partial charge in [0.15, 0.2) is 0 Å². The average molecular weight is 215 g/mol. The van der Waals surface area contributed by atoms with E-state index < -0.39 is 0 Å². The van der Waals surface area contributed by atoms with Gasteiger partial charge >= 0.3 is 0 Å². The van der Waals surface area contributed by atoms with Crippen molar-refractivity contribution in [2.75, 3.05) is 0 Å². The molecular formula is C11H12Cl2. The van der Waals surface area contributed by atoms with E-state index in [1.807, 2.05) is 24.3 Å². The molecule has 0 nitrogen and oxygen atoms in total. The summed E-state index contributed by atoms with van der Waals surface area (Å²) in [6.45, 7) is 5.85. The second-order valence-corrected chi connectivity index (χ2v) is 3.91. The van der Waals surface area contributed by atoms with E-state index in [4.69, 9.17) is 23.2 Å². The Morgan fingerprint density at radius 1 is 1.38 bits per heavy atom. The van der Waals surface area contributed by atoms with Crippen LogP contribution in [0.4, 0.5) is 0 Å². The Balaban J connectivity index is 2.89. The molecule has 0 aliphatic carbocycles. The standard InChI is InChI=1S/C11H12Cl2/c1-3-4-8(2)9-5-6-10(12)11(13)7-9/h3,5-8H,1,4H2,2H3. The third-order valence-electron chi connectivity index (χ3n) is 2.03. The monoisotopic (exact) mass is 214 g/mol. The van der Waals surface area contributed by atoms with E-state index >= 15 is 0 Å². The van der Waals surface area contributed by atoms with Gasteiger partial charge in [0.2, 0.25) is 0 Å². The zero-order valence-electron chi connectivity index (χ0n) is 7.56. The first-order valence-electron chi connectivity index (χ1n) is 4.21. The van der Waals surface area contributed by atoms with Gasteiger partial charge in [0, 0.05) is 0 Å². The predicted octanol–water partition coefficient (Wildman–Crippen LogP) is 4.67. The SMILES string of the molecule is C=CCC(C)c1ccc(Cl)c(Cl)c1. The molecule has 1 aromatic carbocycles. The van der Waals surface area contributed by atoms with Gasteiger partial charge in [-0.15, -0.1) is 6.58 Å². The topological polar surface area (TPSA) is 0 Å². The summed E-state index contributed by atoms with van der Waals surface area (Å²) in [7, 11) is 0. The largest absolute Gasteiger partial charge is 0.103 e. The van der Waals surface area contributed by atoms with Crippen LogP contribution in [0.15, 0.2) is 30.9 Å². The van der Waals surface area contributed by atoms with Crippen molar-refractivity contribution in [3.8, 4) is 0 Å². The number of halogens is 2. The van der Waals surface area contributed by atoms with E-state index in [-0.39, 0.29) is 0 Å². The normalized spacial score (nSPS) is 12.5. The highest BCUT2D eigenvalue weighted by atomic mass is 35.5. The van der Waals surface area contributed by atoms with Crippen molar-refractivity contribution >= 4 is 23.2 Å². The highest BCUT2D eigenvalue weighted by Crippen LogP contribution is 2.27. The maximum absolute atomic E-state index is 5.90. The van der Waals surface area contributed by atoms with Crippen molar-refractivity contribution in [2.24, 2.45) is 0 Å². The molecule has 0 radical (unpaired) electrons. The van der Waals surface area contributed by atoms with E-state index in [0.29, 0.717) is 16.0 Å². The molecule has 0 amide bonds. The van der Waals surface area contributed by atoms with Gasteiger partial charge in [-0.2, -0.15) is 0 Å². The van der Waals surface area contributed by atoms with Crippen LogP contribution < -0.4 is 0 Å². The minimum atomic E-state index is 0.451. The van der Waals surface area contributed by atoms with Crippen LogP contribution in [0.2, 0.25) is 10.0 Å². The summed E-state index contributed by atoms with van der Waals surface area (Å²) in [5, 5.41) is 1.23. The van der Waals surface area contributed by atoms with Gasteiger partial charge in [-0.25, -0.2) is 0 Å². The van der Waals surface area contributed by atoms with Gasteiger partial charge in [-0.05, 0) is 30.0 Å². The minimum absolute atomic E-state index is 0.451. The number of allylic oxidation sites excluding steroid dienone is 1. The fourth-order valence-corrected chi connectivity index (χ4v) is 1.51. The summed E-state index contributed by atoms with van der Waals surface area (Å²) in [5.74, 6) is 0.451. The van der Waals surface area contributed by atoms with Gasteiger partial charge in [-0.1, -0.05) is 42.3 Å². The number of rotatable bonds is 3. The predicted molar refractivity (Wildman–Crippen MR) is 59.7 cm³/mol. The summed E-state index contributed by atoms with van der Waals surface area (Å²) in [6.07, 6.45) is 2.87. The van der Waals surface area contributed by atoms with Gasteiger partial charge < -0.3 is 0 Å². The van der Waals surface area contributed by atoms with Crippen LogP contribution in [0.25, 0.3) is 0 Å². The van der Waals surface area contributed by atoms with Crippen LogP contribution in [0.5, 0.6) is 0 Å². The van der Waals surface area contributed by atoms with Crippen molar-refractivity contribution in [3.63, 3.8) is 0 Å². The Labute approximate surface area is 89.2 Å². The Morgan fingerprint density at radius 3 is 2.62 bits per heavy atom. The molecule has 70 valence electrons. The Kier molecular flexibility index (Phi) is 3.83. The second-order valence-electron chi connectivity index (χ2n) is 3.10. The molecule has 0 spiro atoms. The van der Waals surface area contributed by atoms with Crippen LogP contribution in [-0.4, -0.2) is 0 Å². The highest BCUT2D eigenvalue weighted by molar-refractivity contribution is 6.42. The highest BCUT2D eigenvalue weighted by Gasteiger charge is 2.05. The van der Waals surface area contributed by atoms with Crippen molar-refractivity contribution in [2.45, 2.75) is 19.3 Å². The number of hydrogen-bond donors (Lipinski definition) is 0. The molecular weight excluding hydrogens is 203 g/mol. The summed E-state index contributed by atoms with van der Waals surface area (Å²) in [4.78, 5) is 0. The fourth-order valence-electron chi connectivity index (χ4n) is 1.20. The van der Waals surface area contributed by atoms with E-state index in [2.05, 4.69) is 13.5 Å². The average Bonchev–Trinajstić information content (AvgIpc) is 2.10. The zero-order chi connectivity index (χ0) is 9.84. The molecule has 0 saturated carbocycles. The van der Waals surface area contributed by atoms with Gasteiger partial charge in [0.25, 0.3) is 0 Å². The third-order valence-corrected chi connectivity index (χ3v) is 2.77. The maximum Gasteiger partial charge on any atom is 0.0595 e. The molecule has 1 atom stereocenters. The molecule has 0 bridgehead atoms. The van der Waals surface area contributed by atoms with Crippen LogP contribution in [0.1, 0.15) is 24.8 Å². The van der Waals surface area contributed by atoms with Crippen LogP contribution in [0.3, 0.4) is 0 Å². The third kappa shape index (κ3) is 2.75. The molecule has 13 heavy (non-hydrogen) atoms. The summed E-state index contributed by atoms with van der Waals surface area (Å²) in [5.41, 5.74) is 1.20. The minimum Gasteiger partial charge on any atom is -0.103 e. The van der Waals surface area contributed by atoms with Gasteiger partial charge in [0.05, 0.1) is 10.0 Å². The molecule has 0 aliphatic heterocycles. The van der Waals surface area contributed by atoms with Crippen LogP contribution in [0, 0.1) is 0 Å². The maximum atomic E-state index is 5.90. The van der Waals surface area contributed by atoms with Crippen molar-refractivity contribution < 1.29 is 0 Å². The first-order chi connectivity index (χ1) is 6.15. The smallest absolute Gasteiger partial charge is 0.0595 e. The van der Waals surface area contributed by atoms with Crippen molar-refractivity contribution in [3.05, 3.63) is 46.5 Å². The first kappa shape index (κ1) is 10.6. The van der Waals surface area contributed by atoms with E-state index in [1.165, 1.54) is 5.56 Å². The Morgan fingerprint density at radius 2 is 2.08 bits per heavy atom. The lowest BCUT2D eigenvalue weighted by molar-refractivity contribution is 0.782. The van der Waals surface area contributed by atoms with E-state index in [1.54, 1.807) is 0 Å². The molecule has 1 unspecified atom stereocenters. The first-order valence-corrected chi connectivity index (χ1v) is 4.96. The fraction of sp³-hybridized carbons (Fsp3) is 0.273. The van der Waals surface area contributed by atoms with E-state index in [0.717, 1.165) is 6.42 Å². The molecule has 0 saturated heterocycles. The molecule has 0 aromatic heterocycles. The molecule has 0 heterocycles. The Hall–Kier alpha value is -0.460. The second kappa shape index (κ2) is 4.69. The molecule has 0 aliphatic rings. The number of benzene rings is 1. The van der Waals surface area contributed by atoms with Crippen molar-refractivity contribution in [1.82, 2.24) is 0 Å². The molecule has 1 aromatic rings. The quantitative estimate of drug-likeness (QED) is 0.642. The van der Waals surface area contributed by atoms with Gasteiger partial charge in [0.1, 0.15) is 0 Å². The van der Waals surface area contributed by atoms with E-state index in [9.17, 15) is 0 Å². The molecule has 0 fully saturated rings. The lowest BCUT2D eigenvalue weighted by Crippen LogP contribution is -1.91. The molecule has 0 N–H and O–H groups in total. The summed E-state index contributed by atoms with van der Waals surface area (Å²) < 4.78 is 0. The molecule has 2 heteroatoms. The van der Waals surface area contributed by atoms with Crippen LogP contribution in [-0.2, 0) is 0 Å². The molecule has 1 rings (SSSR count). The summed E-state index contributed by atoms with van der Waals surface area (Å²) in [6, 6.07) is 5.75. The Bertz CT molecular complexity index is 305. The number of hydrogen-bond acceptors (Lipinski definition) is 0. The summed E-state index contributed by atoms with van der Waals surface area (Å²) >= 11 is 11.7. The lowest BCUT2D eigenvalue weighted by atomic mass is 9.98. The zero-order valence-corrected chi connectivity index (χ0v) is 9.07.